The van der Waals surface area contributed by atoms with Crippen LogP contribution in [0.1, 0.15) is 18.1 Å². The predicted molar refractivity (Wildman–Crippen MR) is 80.6 cm³/mol. The summed E-state index contributed by atoms with van der Waals surface area (Å²) in [6.45, 7) is 1.97. The lowest BCUT2D eigenvalue weighted by Gasteiger charge is -2.07. The van der Waals surface area contributed by atoms with Crippen molar-refractivity contribution in [2.45, 2.75) is 6.92 Å². The van der Waals surface area contributed by atoms with Crippen LogP contribution in [-0.2, 0) is 4.79 Å². The third-order valence-corrected chi connectivity index (χ3v) is 3.55. The molecule has 1 aliphatic rings. The standard InChI is InChI=1S/C17H15NO2/c1-11(12-6-4-3-5-7-12)16-14-10-13(20-2)8-9-15(14)18-17(16)19/h3-10H,1-2H3,(H,18,19)/b16-11-. The monoisotopic (exact) mass is 265 g/mol. The Morgan fingerprint density at radius 1 is 1.10 bits per heavy atom. The number of carbonyl (C=O) groups excluding carboxylic acids is 1. The van der Waals surface area contributed by atoms with Gasteiger partial charge in [-0.15, -0.1) is 0 Å². The van der Waals surface area contributed by atoms with Crippen LogP contribution >= 0.6 is 0 Å². The first kappa shape index (κ1) is 12.5. The van der Waals surface area contributed by atoms with Crippen molar-refractivity contribution in [1.82, 2.24) is 0 Å². The molecule has 2 aromatic rings. The zero-order chi connectivity index (χ0) is 14.1. The van der Waals surface area contributed by atoms with Gasteiger partial charge in [-0.05, 0) is 36.3 Å². The van der Waals surface area contributed by atoms with Crippen LogP contribution in [0.15, 0.2) is 48.5 Å². The van der Waals surface area contributed by atoms with Crippen LogP contribution in [0.3, 0.4) is 0 Å². The van der Waals surface area contributed by atoms with Gasteiger partial charge in [0.2, 0.25) is 0 Å². The minimum Gasteiger partial charge on any atom is -0.497 e. The molecular weight excluding hydrogens is 250 g/mol. The number of carbonyl (C=O) groups is 1. The smallest absolute Gasteiger partial charge is 0.256 e. The molecule has 0 saturated carbocycles. The molecule has 0 aliphatic carbocycles. The maximum absolute atomic E-state index is 12.2. The highest BCUT2D eigenvalue weighted by atomic mass is 16.5. The Morgan fingerprint density at radius 2 is 1.85 bits per heavy atom. The Morgan fingerprint density at radius 3 is 2.55 bits per heavy atom. The largest absolute Gasteiger partial charge is 0.497 e. The van der Waals surface area contributed by atoms with Gasteiger partial charge in [0.15, 0.2) is 0 Å². The summed E-state index contributed by atoms with van der Waals surface area (Å²) < 4.78 is 5.25. The number of hydrogen-bond acceptors (Lipinski definition) is 2. The van der Waals surface area contributed by atoms with Crippen molar-refractivity contribution >= 4 is 22.7 Å². The van der Waals surface area contributed by atoms with Gasteiger partial charge in [0.25, 0.3) is 5.91 Å². The minimum absolute atomic E-state index is 0.0605. The van der Waals surface area contributed by atoms with Crippen molar-refractivity contribution in [1.29, 1.82) is 0 Å². The van der Waals surface area contributed by atoms with Gasteiger partial charge in [-0.1, -0.05) is 30.3 Å². The normalized spacial score (nSPS) is 15.6. The molecule has 1 amide bonds. The van der Waals surface area contributed by atoms with Crippen molar-refractivity contribution in [3.05, 3.63) is 59.7 Å². The van der Waals surface area contributed by atoms with E-state index in [1.165, 1.54) is 0 Å². The number of anilines is 1. The Labute approximate surface area is 117 Å². The second-order valence-corrected chi connectivity index (χ2v) is 4.73. The summed E-state index contributed by atoms with van der Waals surface area (Å²) in [7, 11) is 1.62. The molecule has 1 N–H and O–H groups in total. The molecule has 0 spiro atoms. The number of benzene rings is 2. The molecule has 3 heteroatoms. The highest BCUT2D eigenvalue weighted by Crippen LogP contribution is 2.38. The Hall–Kier alpha value is -2.55. The molecule has 20 heavy (non-hydrogen) atoms. The average molecular weight is 265 g/mol. The Kier molecular flexibility index (Phi) is 3.03. The zero-order valence-corrected chi connectivity index (χ0v) is 11.4. The molecule has 3 rings (SSSR count). The van der Waals surface area contributed by atoms with Gasteiger partial charge in [0.05, 0.1) is 12.7 Å². The van der Waals surface area contributed by atoms with E-state index in [1.807, 2.05) is 55.5 Å². The van der Waals surface area contributed by atoms with E-state index in [9.17, 15) is 4.79 Å². The number of fused-ring (bicyclic) bond motifs is 1. The van der Waals surface area contributed by atoms with Crippen LogP contribution < -0.4 is 10.1 Å². The van der Waals surface area contributed by atoms with E-state index in [0.29, 0.717) is 5.57 Å². The summed E-state index contributed by atoms with van der Waals surface area (Å²) in [6.07, 6.45) is 0. The number of methoxy groups -OCH3 is 1. The van der Waals surface area contributed by atoms with E-state index in [1.54, 1.807) is 7.11 Å². The van der Waals surface area contributed by atoms with E-state index in [-0.39, 0.29) is 5.91 Å². The fourth-order valence-corrected chi connectivity index (χ4v) is 2.48. The number of rotatable bonds is 2. The van der Waals surface area contributed by atoms with Crippen molar-refractivity contribution in [2.75, 3.05) is 12.4 Å². The summed E-state index contributed by atoms with van der Waals surface area (Å²) >= 11 is 0. The molecular formula is C17H15NO2. The first-order valence-electron chi connectivity index (χ1n) is 6.47. The lowest BCUT2D eigenvalue weighted by molar-refractivity contribution is -0.110. The molecule has 0 fully saturated rings. The van der Waals surface area contributed by atoms with Gasteiger partial charge in [-0.2, -0.15) is 0 Å². The maximum atomic E-state index is 12.2. The molecule has 0 saturated heterocycles. The van der Waals surface area contributed by atoms with Crippen LogP contribution in [0, 0.1) is 0 Å². The van der Waals surface area contributed by atoms with Crippen LogP contribution in [0.25, 0.3) is 11.1 Å². The molecule has 1 aliphatic heterocycles. The average Bonchev–Trinajstić information content (AvgIpc) is 2.82. The summed E-state index contributed by atoms with van der Waals surface area (Å²) in [5, 5.41) is 2.90. The van der Waals surface area contributed by atoms with E-state index in [0.717, 1.165) is 28.1 Å². The highest BCUT2D eigenvalue weighted by molar-refractivity contribution is 6.36. The van der Waals surface area contributed by atoms with Gasteiger partial charge in [0, 0.05) is 11.3 Å². The molecule has 1 heterocycles. The van der Waals surface area contributed by atoms with Crippen molar-refractivity contribution < 1.29 is 9.53 Å². The van der Waals surface area contributed by atoms with Gasteiger partial charge in [0.1, 0.15) is 5.75 Å². The van der Waals surface area contributed by atoms with E-state index in [4.69, 9.17) is 4.74 Å². The molecule has 3 nitrogen and oxygen atoms in total. The van der Waals surface area contributed by atoms with E-state index in [2.05, 4.69) is 5.32 Å². The van der Waals surface area contributed by atoms with Crippen LogP contribution in [0.2, 0.25) is 0 Å². The van der Waals surface area contributed by atoms with Crippen LogP contribution in [0.5, 0.6) is 5.75 Å². The summed E-state index contributed by atoms with van der Waals surface area (Å²) in [5.41, 5.74) is 4.46. The van der Waals surface area contributed by atoms with Crippen molar-refractivity contribution in [3.8, 4) is 5.75 Å². The fourth-order valence-electron chi connectivity index (χ4n) is 2.48. The molecule has 0 unspecified atom stereocenters. The van der Waals surface area contributed by atoms with Gasteiger partial charge in [-0.3, -0.25) is 4.79 Å². The van der Waals surface area contributed by atoms with E-state index < -0.39 is 0 Å². The first-order valence-corrected chi connectivity index (χ1v) is 6.47. The first-order chi connectivity index (χ1) is 9.70. The van der Waals surface area contributed by atoms with Crippen LogP contribution in [0.4, 0.5) is 5.69 Å². The van der Waals surface area contributed by atoms with Crippen molar-refractivity contribution in [3.63, 3.8) is 0 Å². The second kappa shape index (κ2) is 4.85. The number of allylic oxidation sites excluding steroid dienone is 1. The number of hydrogen-bond donors (Lipinski definition) is 1. The molecule has 0 radical (unpaired) electrons. The summed E-state index contributed by atoms with van der Waals surface area (Å²) in [6, 6.07) is 15.5. The third-order valence-electron chi connectivity index (χ3n) is 3.55. The lowest BCUT2D eigenvalue weighted by Crippen LogP contribution is -2.05. The number of nitrogens with one attached hydrogen (secondary N) is 1. The van der Waals surface area contributed by atoms with Gasteiger partial charge in [-0.25, -0.2) is 0 Å². The Bertz CT molecular complexity index is 702. The maximum Gasteiger partial charge on any atom is 0.256 e. The second-order valence-electron chi connectivity index (χ2n) is 4.73. The van der Waals surface area contributed by atoms with Gasteiger partial charge >= 0.3 is 0 Å². The molecule has 0 aromatic heterocycles. The predicted octanol–water partition coefficient (Wildman–Crippen LogP) is 3.58. The zero-order valence-electron chi connectivity index (χ0n) is 11.4. The fraction of sp³-hybridized carbons (Fsp3) is 0.118. The van der Waals surface area contributed by atoms with E-state index >= 15 is 0 Å². The quantitative estimate of drug-likeness (QED) is 0.843. The third kappa shape index (κ3) is 1.97. The van der Waals surface area contributed by atoms with Gasteiger partial charge < -0.3 is 10.1 Å². The molecule has 100 valence electrons. The SMILES string of the molecule is COc1ccc2c(c1)/C(=C(\C)c1ccccc1)C(=O)N2. The number of amides is 1. The number of ether oxygens (including phenoxy) is 1. The van der Waals surface area contributed by atoms with Crippen molar-refractivity contribution in [2.24, 2.45) is 0 Å². The molecule has 0 bridgehead atoms. The Balaban J connectivity index is 2.18. The lowest BCUT2D eigenvalue weighted by atomic mass is 9.96. The highest BCUT2D eigenvalue weighted by Gasteiger charge is 2.26. The molecule has 0 atom stereocenters. The summed E-state index contributed by atoms with van der Waals surface area (Å²) in [5.74, 6) is 0.688. The topological polar surface area (TPSA) is 38.3 Å². The van der Waals surface area contributed by atoms with Crippen LogP contribution in [-0.4, -0.2) is 13.0 Å². The summed E-state index contributed by atoms with van der Waals surface area (Å²) in [4.78, 5) is 12.2. The minimum atomic E-state index is -0.0605. The molecule has 2 aromatic carbocycles.